The highest BCUT2D eigenvalue weighted by Gasteiger charge is 2.40. The predicted molar refractivity (Wildman–Crippen MR) is 412 cm³/mol. The average Bonchev–Trinajstić information content (AvgIpc) is 1.66. The fourth-order valence-corrected chi connectivity index (χ4v) is 7.71. The first-order valence-corrected chi connectivity index (χ1v) is 34.8. The number of aliphatic imine (C=N–C) groups is 3. The van der Waals surface area contributed by atoms with Crippen LogP contribution in [0.2, 0.25) is 0 Å². The maximum Gasteiger partial charge on any atom is 0.180 e. The second-order valence-electron chi connectivity index (χ2n) is 22.0. The van der Waals surface area contributed by atoms with Gasteiger partial charge in [-0.3, -0.25) is 25.1 Å². The number of fused-ring (bicyclic) bond motifs is 1. The van der Waals surface area contributed by atoms with E-state index in [1.54, 1.807) is 69.2 Å². The van der Waals surface area contributed by atoms with E-state index < -0.39 is 0 Å². The summed E-state index contributed by atoms with van der Waals surface area (Å²) >= 11 is 0. The Balaban J connectivity index is 0.000000361. The van der Waals surface area contributed by atoms with E-state index >= 15 is 0 Å². The Labute approximate surface area is 595 Å². The fourth-order valence-electron chi connectivity index (χ4n) is 7.71. The van der Waals surface area contributed by atoms with Crippen LogP contribution in [-0.4, -0.2) is 143 Å². The highest BCUT2D eigenvalue weighted by molar-refractivity contribution is 6.17. The number of aromatic amines is 4. The Morgan fingerprint density at radius 3 is 1.46 bits per heavy atom. The van der Waals surface area contributed by atoms with Crippen molar-refractivity contribution in [2.45, 2.75) is 116 Å². The van der Waals surface area contributed by atoms with Crippen LogP contribution in [0.1, 0.15) is 116 Å². The van der Waals surface area contributed by atoms with Crippen LogP contribution < -0.4 is 16.0 Å². The number of allylic oxidation sites excluding steroid dienone is 8. The number of ether oxygens (including phenoxy) is 3. The van der Waals surface area contributed by atoms with Gasteiger partial charge in [-0.25, -0.2) is 9.97 Å². The molecule has 21 nitrogen and oxygen atoms in total. The van der Waals surface area contributed by atoms with Gasteiger partial charge < -0.3 is 49.0 Å². The molecule has 6 aliphatic heterocycles. The summed E-state index contributed by atoms with van der Waals surface area (Å²) in [7, 11) is 3.59. The number of hydrogen-bond donors (Lipinski definition) is 7. The predicted octanol–water partition coefficient (Wildman–Crippen LogP) is 17.0. The molecule has 13 heterocycles. The number of H-pyrrole nitrogens is 4. The average molecular weight is 1370 g/mol. The highest BCUT2D eigenvalue weighted by atomic mass is 16.5. The molecule has 10 aliphatic rings. The minimum Gasteiger partial charge on any atom is -0.473 e. The second-order valence-corrected chi connectivity index (χ2v) is 22.0. The van der Waals surface area contributed by atoms with E-state index in [0.29, 0.717) is 12.1 Å². The van der Waals surface area contributed by atoms with Crippen molar-refractivity contribution in [3.8, 4) is 0 Å². The molecule has 0 amide bonds. The lowest BCUT2D eigenvalue weighted by molar-refractivity contribution is -0.108. The molecule has 7 N–H and O–H groups in total. The zero-order valence-corrected chi connectivity index (χ0v) is 59.3. The van der Waals surface area contributed by atoms with Crippen molar-refractivity contribution in [2.75, 3.05) is 73.5 Å². The summed E-state index contributed by atoms with van der Waals surface area (Å²) in [5, 5.41) is 25.7. The summed E-state index contributed by atoms with van der Waals surface area (Å²) in [6.45, 7) is 12.7. The first kappa shape index (κ1) is 86.3. The van der Waals surface area contributed by atoms with Gasteiger partial charge in [0.05, 0.1) is 50.9 Å². The van der Waals surface area contributed by atoms with E-state index in [9.17, 15) is 0 Å². The van der Waals surface area contributed by atoms with Gasteiger partial charge in [0.15, 0.2) is 6.39 Å². The number of benzene rings is 2. The monoisotopic (exact) mass is 1370 g/mol. The maximum atomic E-state index is 5.16. The first-order chi connectivity index (χ1) is 49.7. The number of nitrogens with zero attached hydrogens (tertiary/aromatic N) is 9. The van der Waals surface area contributed by atoms with Gasteiger partial charge in [0.2, 0.25) is 0 Å². The number of oxazole rings is 1. The summed E-state index contributed by atoms with van der Waals surface area (Å²) in [6, 6.07) is 35.6. The van der Waals surface area contributed by atoms with Crippen LogP contribution in [0.4, 0.5) is 0 Å². The summed E-state index contributed by atoms with van der Waals surface area (Å²) in [5.41, 5.74) is 2.85. The van der Waals surface area contributed by atoms with Gasteiger partial charge in [0.1, 0.15) is 25.6 Å². The highest BCUT2D eigenvalue weighted by Crippen LogP contribution is 2.43. The van der Waals surface area contributed by atoms with Crippen LogP contribution in [0.3, 0.4) is 0 Å². The quantitative estimate of drug-likeness (QED) is 0.0811. The molecule has 19 rings (SSSR count). The van der Waals surface area contributed by atoms with E-state index in [1.807, 2.05) is 153 Å². The molecule has 9 aromatic rings. The summed E-state index contributed by atoms with van der Waals surface area (Å²) in [4.78, 5) is 28.1. The van der Waals surface area contributed by atoms with Gasteiger partial charge in [-0.15, -0.1) is 0 Å². The third-order valence-corrected chi connectivity index (χ3v) is 13.9. The van der Waals surface area contributed by atoms with Crippen molar-refractivity contribution in [1.29, 1.82) is 0 Å². The fraction of sp³-hybridized carbons (Fsp3) is 0.380. The smallest absolute Gasteiger partial charge is 0.180 e. The number of likely N-dealkylation sites (N-methyl/N-ethyl adjacent to an activating group) is 1. The van der Waals surface area contributed by atoms with Gasteiger partial charge in [-0.2, -0.15) is 20.5 Å². The number of nitrogens with one attached hydrogen (secondary N) is 7. The van der Waals surface area contributed by atoms with Crippen molar-refractivity contribution in [1.82, 2.24) is 66.5 Å². The van der Waals surface area contributed by atoms with E-state index in [1.165, 1.54) is 152 Å². The zero-order chi connectivity index (χ0) is 71.0. The Kier molecular flexibility index (Phi) is 62.1. The van der Waals surface area contributed by atoms with Crippen LogP contribution in [0.15, 0.2) is 294 Å². The standard InChI is InChI=1S/C8H7N.C7H12O.C6H7N.C6H6.C5H5N.C5H6.C4H11NO.C4H9N.2C4H5N.C4H8O.C4H4O.2C4H8.C3H4N2.C3H3NO.2C2H3N3/c1-2-4-8-7(3-1)5-6-9-8;1-2-4-7(3-1)5-8-6-7;1-6-4-2-3-5-7-6;2*1-2-4-6-5-3-1;1-2-4-5-3-1;1-5-3-4-6-2;5*1-2-4-5-3-1;2*1-2-4-3-1;2*1-2-5-3-4-1;1-3-2-5-4-1;1-2-4-5-3-1/h1-6,9H;1-6H2;2-5,7H,1H2;1-6H;1-5H;1-4H,5H2;5H,3-4H2,1-2H3;5H,1-4H2;1,3-4H,2H2;1-5H;1-4H2;1-4H;2*1-4H2;1-2H,3H2;1-3H;2*1-2H,(H,3,4,5). The molecular weight excluding hydrogens is 1250 g/mol. The maximum absolute atomic E-state index is 5.16. The van der Waals surface area contributed by atoms with E-state index in [2.05, 4.69) is 139 Å². The van der Waals surface area contributed by atoms with Gasteiger partial charge in [0.25, 0.3) is 0 Å². The third kappa shape index (κ3) is 60.6. The Hall–Kier alpha value is -9.77. The van der Waals surface area contributed by atoms with Crippen LogP contribution in [0.25, 0.3) is 10.9 Å². The number of hydrogen-bond acceptors (Lipinski definition) is 17. The number of dihydropyridines is 1. The normalized spacial score (nSPS) is 15.2. The van der Waals surface area contributed by atoms with Crippen molar-refractivity contribution in [3.63, 3.8) is 0 Å². The molecular formula is C79H114N16O5. The van der Waals surface area contributed by atoms with Gasteiger partial charge in [-0.05, 0) is 131 Å². The molecule has 0 unspecified atom stereocenters. The molecule has 0 bridgehead atoms. The Morgan fingerprint density at radius 2 is 1.21 bits per heavy atom. The van der Waals surface area contributed by atoms with Crippen molar-refractivity contribution in [3.05, 3.63) is 270 Å². The van der Waals surface area contributed by atoms with Crippen molar-refractivity contribution >= 4 is 29.5 Å². The molecule has 1 spiro atoms. The molecule has 2 aromatic carbocycles. The molecule has 3 saturated carbocycles. The minimum atomic E-state index is 0.639. The topological polar surface area (TPSA) is 268 Å². The number of rotatable bonds is 3. The lowest BCUT2D eigenvalue weighted by atomic mass is 9.85. The van der Waals surface area contributed by atoms with Crippen LogP contribution in [0, 0.1) is 5.41 Å². The van der Waals surface area contributed by atoms with E-state index in [4.69, 9.17) is 14.2 Å². The second kappa shape index (κ2) is 72.0. The molecule has 0 atom stereocenters. The number of aromatic nitrogens is 10. The van der Waals surface area contributed by atoms with Crippen molar-refractivity contribution in [2.24, 2.45) is 20.4 Å². The van der Waals surface area contributed by atoms with E-state index in [-0.39, 0.29) is 0 Å². The van der Waals surface area contributed by atoms with Crippen LogP contribution in [0.5, 0.6) is 0 Å². The van der Waals surface area contributed by atoms with Gasteiger partial charge in [-0.1, -0.05) is 168 Å². The molecule has 0 radical (unpaired) electrons. The molecule has 540 valence electrons. The molecule has 6 fully saturated rings. The summed E-state index contributed by atoms with van der Waals surface area (Å²) in [6.07, 6.45) is 73.4. The molecule has 4 aliphatic carbocycles. The SMILES string of the molecule is C1=CCC=C1.C1=CN=CC1.C1=NCN=C1.C1CCC1.C1CCC1.C1CCC2(C1)COC2.C1CCNC1.C1CCOC1.C=C1C=CC=CN1.CNCCOC.c1cc[nH]c1.c1ccc2[nH]ccc2c1.c1ccccc1.c1ccncc1.c1ccoc1.c1cn[nH]n1.c1cocn1.c1nc[nH]n1. The largest absolute Gasteiger partial charge is 0.473 e. The van der Waals surface area contributed by atoms with Crippen LogP contribution >= 0.6 is 0 Å². The molecule has 3 saturated heterocycles. The number of para-hydroxylation sites is 1. The minimum absolute atomic E-state index is 0.639. The lowest BCUT2D eigenvalue weighted by Gasteiger charge is -2.37. The number of furan rings is 1. The Morgan fingerprint density at radius 1 is 0.570 bits per heavy atom. The molecule has 21 heteroatoms. The third-order valence-electron chi connectivity index (χ3n) is 13.9. The summed E-state index contributed by atoms with van der Waals surface area (Å²) < 4.78 is 23.9. The van der Waals surface area contributed by atoms with Crippen LogP contribution in [-0.2, 0) is 14.2 Å². The Bertz CT molecular complexity index is 2680. The van der Waals surface area contributed by atoms with Gasteiger partial charge >= 0.3 is 0 Å². The zero-order valence-electron chi connectivity index (χ0n) is 59.3. The number of pyridine rings is 1. The first-order valence-electron chi connectivity index (χ1n) is 34.8. The number of methoxy groups -OCH3 is 1. The molecule has 7 aromatic heterocycles. The van der Waals surface area contributed by atoms with E-state index in [0.717, 1.165) is 58.1 Å². The van der Waals surface area contributed by atoms with Gasteiger partial charge in [0, 0.05) is 112 Å². The summed E-state index contributed by atoms with van der Waals surface area (Å²) in [5.74, 6) is 0. The lowest BCUT2D eigenvalue weighted by Crippen LogP contribution is -2.39. The van der Waals surface area contributed by atoms with Crippen molar-refractivity contribution < 1.29 is 23.0 Å². The molecule has 100 heavy (non-hydrogen) atoms.